The predicted molar refractivity (Wildman–Crippen MR) is 144 cm³/mol. The number of aromatic nitrogens is 2. The number of esters is 1. The van der Waals surface area contributed by atoms with Gasteiger partial charge in [-0.1, -0.05) is 44.2 Å². The quantitative estimate of drug-likeness (QED) is 0.434. The molecule has 3 unspecified atom stereocenters. The van der Waals surface area contributed by atoms with E-state index in [2.05, 4.69) is 49.2 Å². The summed E-state index contributed by atoms with van der Waals surface area (Å²) in [5.74, 6) is 1.70. The van der Waals surface area contributed by atoms with Crippen molar-refractivity contribution in [1.29, 1.82) is 0 Å². The summed E-state index contributed by atoms with van der Waals surface area (Å²) in [4.78, 5) is 29.9. The van der Waals surface area contributed by atoms with E-state index in [1.165, 1.54) is 25.3 Å². The Hall–Kier alpha value is -2.47. The van der Waals surface area contributed by atoms with Gasteiger partial charge in [0.25, 0.3) is 0 Å². The van der Waals surface area contributed by atoms with Crippen LogP contribution >= 0.6 is 0 Å². The van der Waals surface area contributed by atoms with Gasteiger partial charge in [-0.05, 0) is 85.5 Å². The van der Waals surface area contributed by atoms with Crippen molar-refractivity contribution in [3.05, 3.63) is 54.6 Å². The molecule has 1 aromatic heterocycles. The zero-order chi connectivity index (χ0) is 26.5. The third kappa shape index (κ3) is 4.33. The number of carbonyl (C=O) groups excluding carboxylic acids is 2. The number of fused-ring (bicyclic) bond motifs is 5. The molecule has 6 heteroatoms. The molecule has 9 atom stereocenters. The average Bonchev–Trinajstić information content (AvgIpc) is 3.54. The number of benzene rings is 1. The summed E-state index contributed by atoms with van der Waals surface area (Å²) < 4.78 is 14.1. The van der Waals surface area contributed by atoms with Crippen LogP contribution in [0.1, 0.15) is 82.5 Å². The van der Waals surface area contributed by atoms with Crippen molar-refractivity contribution in [2.24, 2.45) is 40.4 Å². The summed E-state index contributed by atoms with van der Waals surface area (Å²) in [6.45, 7) is 7.05. The van der Waals surface area contributed by atoms with E-state index in [9.17, 15) is 9.59 Å². The summed E-state index contributed by atoms with van der Waals surface area (Å²) in [5.41, 5.74) is 1.36. The van der Waals surface area contributed by atoms with Gasteiger partial charge >= 0.3 is 5.97 Å². The molecule has 0 bridgehead atoms. The molecule has 4 aliphatic carbocycles. The highest BCUT2D eigenvalue weighted by Crippen LogP contribution is 2.68. The van der Waals surface area contributed by atoms with Crippen LogP contribution in [0, 0.1) is 40.4 Å². The zero-order valence-corrected chi connectivity index (χ0v) is 23.1. The van der Waals surface area contributed by atoms with Crippen LogP contribution in [0.4, 0.5) is 0 Å². The normalized spacial score (nSPS) is 40.0. The third-order valence-corrected chi connectivity index (χ3v) is 11.3. The maximum absolute atomic E-state index is 13.6. The Morgan fingerprint density at radius 1 is 1.03 bits per heavy atom. The molecule has 4 fully saturated rings. The Bertz CT molecular complexity index is 1150. The van der Waals surface area contributed by atoms with Crippen LogP contribution in [-0.4, -0.2) is 33.6 Å². The zero-order valence-electron chi connectivity index (χ0n) is 23.1. The molecule has 1 aromatic carbocycles. The van der Waals surface area contributed by atoms with Crippen molar-refractivity contribution in [1.82, 2.24) is 9.55 Å². The van der Waals surface area contributed by atoms with Crippen molar-refractivity contribution in [3.63, 3.8) is 0 Å². The van der Waals surface area contributed by atoms with Crippen LogP contribution < -0.4 is 0 Å². The molecule has 6 nitrogen and oxygen atoms in total. The fourth-order valence-electron chi connectivity index (χ4n) is 9.48. The maximum atomic E-state index is 13.6. The van der Waals surface area contributed by atoms with Crippen LogP contribution in [-0.2, 0) is 20.9 Å². The van der Waals surface area contributed by atoms with Gasteiger partial charge in [-0.25, -0.2) is 4.98 Å². The van der Waals surface area contributed by atoms with E-state index in [1.807, 2.05) is 0 Å². The molecule has 4 aliphatic rings. The highest BCUT2D eigenvalue weighted by Gasteiger charge is 2.65. The Kier molecular flexibility index (Phi) is 6.74. The molecule has 6 rings (SSSR count). The number of hydrogen-bond acceptors (Lipinski definition) is 5. The lowest BCUT2D eigenvalue weighted by atomic mass is 9.44. The highest BCUT2D eigenvalue weighted by atomic mass is 16.5. The van der Waals surface area contributed by atoms with Gasteiger partial charge in [0.1, 0.15) is 12.4 Å². The minimum Gasteiger partial charge on any atom is -0.462 e. The summed E-state index contributed by atoms with van der Waals surface area (Å²) in [6.07, 6.45) is 13.7. The van der Waals surface area contributed by atoms with E-state index in [0.717, 1.165) is 32.1 Å². The molecule has 4 saturated carbocycles. The van der Waals surface area contributed by atoms with Gasteiger partial charge < -0.3 is 9.47 Å². The molecule has 0 amide bonds. The summed E-state index contributed by atoms with van der Waals surface area (Å²) in [7, 11) is 0. The molecule has 204 valence electrons. The largest absolute Gasteiger partial charge is 0.462 e. The second-order valence-electron chi connectivity index (χ2n) is 13.1. The van der Waals surface area contributed by atoms with Gasteiger partial charge in [0.15, 0.2) is 0 Å². The first kappa shape index (κ1) is 25.8. The van der Waals surface area contributed by atoms with Gasteiger partial charge in [-0.3, -0.25) is 14.2 Å². The maximum Gasteiger partial charge on any atom is 0.302 e. The van der Waals surface area contributed by atoms with Crippen molar-refractivity contribution in [2.75, 3.05) is 0 Å². The minimum atomic E-state index is -0.230. The number of carbonyl (C=O) groups is 2. The minimum absolute atomic E-state index is 0.0964. The van der Waals surface area contributed by atoms with Crippen LogP contribution in [0.25, 0.3) is 0 Å². The first-order chi connectivity index (χ1) is 18.3. The molecule has 0 radical (unpaired) electrons. The smallest absolute Gasteiger partial charge is 0.302 e. The fourth-order valence-corrected chi connectivity index (χ4v) is 9.48. The Morgan fingerprint density at radius 2 is 1.82 bits per heavy atom. The lowest BCUT2D eigenvalue weighted by molar-refractivity contribution is -0.165. The topological polar surface area (TPSA) is 70.4 Å². The molecular weight excluding hydrogens is 476 g/mol. The third-order valence-electron chi connectivity index (χ3n) is 11.3. The summed E-state index contributed by atoms with van der Waals surface area (Å²) in [6, 6.07) is 10.5. The SMILES string of the molecule is CC(=O)O[C@@H]1CC(C(=O)n2ccnc2)[C@@]2(C)CC[C@H]3[C@@H](CCC4C[C@@H](OCc5ccccc5)CC[C@@]43C)C12. The van der Waals surface area contributed by atoms with Crippen molar-refractivity contribution in [2.45, 2.75) is 91.0 Å². The number of rotatable bonds is 5. The molecule has 0 saturated heterocycles. The van der Waals surface area contributed by atoms with E-state index in [1.54, 1.807) is 23.3 Å². The second-order valence-corrected chi connectivity index (χ2v) is 13.1. The first-order valence-corrected chi connectivity index (χ1v) is 14.6. The number of nitrogens with zero attached hydrogens (tertiary/aromatic N) is 2. The van der Waals surface area contributed by atoms with Crippen molar-refractivity contribution in [3.8, 4) is 0 Å². The van der Waals surface area contributed by atoms with Crippen LogP contribution in [0.3, 0.4) is 0 Å². The molecule has 2 aromatic rings. The van der Waals surface area contributed by atoms with Gasteiger partial charge in [0, 0.05) is 31.2 Å². The second kappa shape index (κ2) is 9.93. The van der Waals surface area contributed by atoms with Gasteiger partial charge in [0.2, 0.25) is 5.91 Å². The summed E-state index contributed by atoms with van der Waals surface area (Å²) >= 11 is 0. The lowest BCUT2D eigenvalue weighted by Crippen LogP contribution is -2.56. The van der Waals surface area contributed by atoms with Crippen molar-refractivity contribution < 1.29 is 19.1 Å². The standard InChI is InChI=1S/C32H42N2O4/c1-21(35)38-28-18-27(30(36)34-16-15-33-20-34)32(3)14-12-26-25(29(28)32)10-9-23-17-24(11-13-31(23,26)2)37-19-22-7-5-4-6-8-22/h4-8,15-16,20,23-29H,9-14,17-19H2,1-3H3/t23?,24-,25+,26-,27?,28+,29?,31-,32+/m0/s1. The van der Waals surface area contributed by atoms with Crippen molar-refractivity contribution >= 4 is 11.9 Å². The van der Waals surface area contributed by atoms with Crippen LogP contribution in [0.2, 0.25) is 0 Å². The highest BCUT2D eigenvalue weighted by molar-refractivity contribution is 5.82. The van der Waals surface area contributed by atoms with Crippen LogP contribution in [0.15, 0.2) is 49.1 Å². The van der Waals surface area contributed by atoms with E-state index < -0.39 is 0 Å². The molecule has 0 aliphatic heterocycles. The van der Waals surface area contributed by atoms with Gasteiger partial charge in [-0.15, -0.1) is 0 Å². The number of imidazole rings is 1. The molecule has 1 heterocycles. The Labute approximate surface area is 226 Å². The molecule has 0 N–H and O–H groups in total. The molecule has 0 spiro atoms. The van der Waals surface area contributed by atoms with E-state index >= 15 is 0 Å². The van der Waals surface area contributed by atoms with Gasteiger partial charge in [-0.2, -0.15) is 0 Å². The molecule has 38 heavy (non-hydrogen) atoms. The predicted octanol–water partition coefficient (Wildman–Crippen LogP) is 6.31. The number of hydrogen-bond donors (Lipinski definition) is 0. The Morgan fingerprint density at radius 3 is 2.55 bits per heavy atom. The first-order valence-electron chi connectivity index (χ1n) is 14.6. The Balaban J connectivity index is 1.21. The fraction of sp³-hybridized carbons (Fsp3) is 0.656. The van der Waals surface area contributed by atoms with Gasteiger partial charge in [0.05, 0.1) is 12.7 Å². The molecular formula is C32H42N2O4. The average molecular weight is 519 g/mol. The summed E-state index contributed by atoms with van der Waals surface area (Å²) in [5, 5.41) is 0. The van der Waals surface area contributed by atoms with Crippen LogP contribution in [0.5, 0.6) is 0 Å². The lowest BCUT2D eigenvalue weighted by Gasteiger charge is -2.61. The van der Waals surface area contributed by atoms with E-state index in [4.69, 9.17) is 9.47 Å². The monoisotopic (exact) mass is 518 g/mol. The number of ether oxygens (including phenoxy) is 2. The van der Waals surface area contributed by atoms with E-state index in [0.29, 0.717) is 36.9 Å². The van der Waals surface area contributed by atoms with E-state index in [-0.39, 0.29) is 40.6 Å².